The summed E-state index contributed by atoms with van der Waals surface area (Å²) in [5.41, 5.74) is 2.20. The van der Waals surface area contributed by atoms with Gasteiger partial charge in [-0.15, -0.1) is 0 Å². The van der Waals surface area contributed by atoms with E-state index >= 15 is 0 Å². The molecular formula is C21H25FN2O3. The lowest BCUT2D eigenvalue weighted by Crippen LogP contribution is -2.25. The number of carbonyl (C=O) groups is 1. The zero-order valence-corrected chi connectivity index (χ0v) is 15.7. The Labute approximate surface area is 158 Å². The summed E-state index contributed by atoms with van der Waals surface area (Å²) in [6.45, 7) is 6.30. The van der Waals surface area contributed by atoms with Gasteiger partial charge in [0, 0.05) is 12.1 Å². The molecule has 6 heteroatoms. The Hall–Kier alpha value is -2.60. The van der Waals surface area contributed by atoms with Gasteiger partial charge in [-0.25, -0.2) is 4.39 Å². The number of anilines is 1. The van der Waals surface area contributed by atoms with Crippen LogP contribution in [0.15, 0.2) is 30.3 Å². The first-order valence-electron chi connectivity index (χ1n) is 9.36. The van der Waals surface area contributed by atoms with E-state index in [1.54, 1.807) is 24.3 Å². The van der Waals surface area contributed by atoms with E-state index in [1.165, 1.54) is 0 Å². The van der Waals surface area contributed by atoms with Gasteiger partial charge in [0.1, 0.15) is 5.82 Å². The highest BCUT2D eigenvalue weighted by molar-refractivity contribution is 6.04. The minimum Gasteiger partial charge on any atom is -0.490 e. The van der Waals surface area contributed by atoms with E-state index in [2.05, 4.69) is 10.6 Å². The van der Waals surface area contributed by atoms with Crippen LogP contribution in [-0.2, 0) is 13.0 Å². The molecule has 2 N–H and O–H groups in total. The molecule has 2 aromatic carbocycles. The number of rotatable bonds is 7. The van der Waals surface area contributed by atoms with Gasteiger partial charge >= 0.3 is 0 Å². The van der Waals surface area contributed by atoms with Crippen LogP contribution >= 0.6 is 0 Å². The Balaban J connectivity index is 1.81. The number of hydrogen-bond donors (Lipinski definition) is 2. The average Bonchev–Trinajstić information content (AvgIpc) is 2.69. The van der Waals surface area contributed by atoms with Crippen molar-refractivity contribution in [2.75, 3.05) is 25.1 Å². The molecule has 144 valence electrons. The van der Waals surface area contributed by atoms with Crippen LogP contribution in [0.5, 0.6) is 11.5 Å². The molecule has 27 heavy (non-hydrogen) atoms. The molecule has 0 aliphatic carbocycles. The third kappa shape index (κ3) is 4.39. The monoisotopic (exact) mass is 372 g/mol. The van der Waals surface area contributed by atoms with Gasteiger partial charge in [-0.05, 0) is 61.7 Å². The highest BCUT2D eigenvalue weighted by Gasteiger charge is 2.19. The molecule has 5 nitrogen and oxygen atoms in total. The number of nitrogens with one attached hydrogen (secondary N) is 2. The summed E-state index contributed by atoms with van der Waals surface area (Å²) in [4.78, 5) is 12.6. The van der Waals surface area contributed by atoms with Crippen molar-refractivity contribution >= 4 is 11.6 Å². The van der Waals surface area contributed by atoms with Crippen LogP contribution in [0, 0.1) is 5.82 Å². The van der Waals surface area contributed by atoms with E-state index in [1.807, 2.05) is 19.9 Å². The molecule has 0 bridgehead atoms. The maximum absolute atomic E-state index is 14.7. The summed E-state index contributed by atoms with van der Waals surface area (Å²) in [5, 5.41) is 5.89. The van der Waals surface area contributed by atoms with Crippen LogP contribution in [0.25, 0.3) is 0 Å². The van der Waals surface area contributed by atoms with Crippen molar-refractivity contribution < 1.29 is 18.7 Å². The van der Waals surface area contributed by atoms with Gasteiger partial charge in [0.25, 0.3) is 5.91 Å². The number of ether oxygens (including phenoxy) is 2. The van der Waals surface area contributed by atoms with Gasteiger partial charge in [-0.1, -0.05) is 13.0 Å². The Kier molecular flexibility index (Phi) is 6.29. The maximum atomic E-state index is 14.7. The van der Waals surface area contributed by atoms with Crippen LogP contribution in [0.1, 0.15) is 41.8 Å². The minimum absolute atomic E-state index is 0.199. The lowest BCUT2D eigenvalue weighted by atomic mass is 9.99. The van der Waals surface area contributed by atoms with Crippen LogP contribution < -0.4 is 20.1 Å². The molecular weight excluding hydrogens is 347 g/mol. The third-order valence-corrected chi connectivity index (χ3v) is 4.42. The van der Waals surface area contributed by atoms with Gasteiger partial charge in [0.15, 0.2) is 11.5 Å². The maximum Gasteiger partial charge on any atom is 0.255 e. The van der Waals surface area contributed by atoms with Crippen LogP contribution in [0.2, 0.25) is 0 Å². The number of hydrogen-bond acceptors (Lipinski definition) is 4. The smallest absolute Gasteiger partial charge is 0.255 e. The summed E-state index contributed by atoms with van der Waals surface area (Å²) in [6.07, 6.45) is 1.49. The fourth-order valence-electron chi connectivity index (χ4n) is 3.07. The standard InChI is InChI=1S/C21H25FN2O3/c1-3-11-27-18-8-6-14(12-19(18)26-4-2)21(25)24-17-7-5-15-13-23-10-9-16(15)20(17)22/h5-8,12,23H,3-4,9-11,13H2,1-2H3,(H,24,25). The third-order valence-electron chi connectivity index (χ3n) is 4.42. The fraction of sp³-hybridized carbons (Fsp3) is 0.381. The molecule has 0 aromatic heterocycles. The summed E-state index contributed by atoms with van der Waals surface area (Å²) in [7, 11) is 0. The highest BCUT2D eigenvalue weighted by atomic mass is 19.1. The Morgan fingerprint density at radius 1 is 1.19 bits per heavy atom. The van der Waals surface area contributed by atoms with E-state index in [0.29, 0.717) is 48.8 Å². The van der Waals surface area contributed by atoms with Gasteiger partial charge in [-0.3, -0.25) is 4.79 Å². The van der Waals surface area contributed by atoms with Crippen LogP contribution in [0.3, 0.4) is 0 Å². The average molecular weight is 372 g/mol. The normalized spacial score (nSPS) is 13.0. The molecule has 0 spiro atoms. The lowest BCUT2D eigenvalue weighted by Gasteiger charge is -2.19. The van der Waals surface area contributed by atoms with Crippen molar-refractivity contribution in [3.63, 3.8) is 0 Å². The first-order chi connectivity index (χ1) is 13.1. The van der Waals surface area contributed by atoms with E-state index in [0.717, 1.165) is 18.5 Å². The summed E-state index contributed by atoms with van der Waals surface area (Å²) < 4.78 is 26.0. The summed E-state index contributed by atoms with van der Waals surface area (Å²) >= 11 is 0. The van der Waals surface area contributed by atoms with Gasteiger partial charge in [0.2, 0.25) is 0 Å². The predicted octanol–water partition coefficient (Wildman–Crippen LogP) is 3.91. The minimum atomic E-state index is -0.384. The largest absolute Gasteiger partial charge is 0.490 e. The summed E-state index contributed by atoms with van der Waals surface area (Å²) in [5.74, 6) is 0.374. The molecule has 1 amide bonds. The predicted molar refractivity (Wildman–Crippen MR) is 103 cm³/mol. The Morgan fingerprint density at radius 2 is 2.04 bits per heavy atom. The van der Waals surface area contributed by atoms with E-state index in [9.17, 15) is 9.18 Å². The molecule has 0 fully saturated rings. The zero-order chi connectivity index (χ0) is 19.2. The van der Waals surface area contributed by atoms with Crippen molar-refractivity contribution in [2.24, 2.45) is 0 Å². The SMILES string of the molecule is CCCOc1ccc(C(=O)Nc2ccc3c(c2F)CCNC3)cc1OCC. The van der Waals surface area contributed by atoms with E-state index in [4.69, 9.17) is 9.47 Å². The lowest BCUT2D eigenvalue weighted by molar-refractivity contribution is 0.102. The second-order valence-corrected chi connectivity index (χ2v) is 6.39. The number of benzene rings is 2. The Morgan fingerprint density at radius 3 is 2.81 bits per heavy atom. The molecule has 0 unspecified atom stereocenters. The van der Waals surface area contributed by atoms with Gasteiger partial charge in [-0.2, -0.15) is 0 Å². The van der Waals surface area contributed by atoms with Crippen LogP contribution in [-0.4, -0.2) is 25.7 Å². The zero-order valence-electron chi connectivity index (χ0n) is 15.7. The van der Waals surface area contributed by atoms with Crippen molar-refractivity contribution in [1.29, 1.82) is 0 Å². The number of halogens is 1. The molecule has 3 rings (SSSR count). The van der Waals surface area contributed by atoms with Crippen molar-refractivity contribution in [3.8, 4) is 11.5 Å². The first-order valence-corrected chi connectivity index (χ1v) is 9.36. The quantitative estimate of drug-likeness (QED) is 0.774. The second-order valence-electron chi connectivity index (χ2n) is 6.39. The fourth-order valence-corrected chi connectivity index (χ4v) is 3.07. The van der Waals surface area contributed by atoms with Crippen molar-refractivity contribution in [2.45, 2.75) is 33.2 Å². The van der Waals surface area contributed by atoms with E-state index < -0.39 is 0 Å². The molecule has 1 aliphatic rings. The summed E-state index contributed by atoms with van der Waals surface area (Å²) in [6, 6.07) is 8.46. The number of fused-ring (bicyclic) bond motifs is 1. The topological polar surface area (TPSA) is 59.6 Å². The molecule has 0 saturated heterocycles. The molecule has 0 saturated carbocycles. The molecule has 1 aliphatic heterocycles. The molecule has 1 heterocycles. The van der Waals surface area contributed by atoms with Gasteiger partial charge in [0.05, 0.1) is 18.9 Å². The number of amides is 1. The molecule has 0 radical (unpaired) electrons. The van der Waals surface area contributed by atoms with Crippen molar-refractivity contribution in [3.05, 3.63) is 52.8 Å². The van der Waals surface area contributed by atoms with Gasteiger partial charge < -0.3 is 20.1 Å². The van der Waals surface area contributed by atoms with Crippen molar-refractivity contribution in [1.82, 2.24) is 5.32 Å². The number of carbonyl (C=O) groups excluding carboxylic acids is 1. The molecule has 2 aromatic rings. The molecule has 0 atom stereocenters. The second kappa shape index (κ2) is 8.86. The highest BCUT2D eigenvalue weighted by Crippen LogP contribution is 2.30. The first kappa shape index (κ1) is 19.2. The van der Waals surface area contributed by atoms with Crippen LogP contribution in [0.4, 0.5) is 10.1 Å². The van der Waals surface area contributed by atoms with E-state index in [-0.39, 0.29) is 17.4 Å². The Bertz CT molecular complexity index is 823.